The van der Waals surface area contributed by atoms with Crippen molar-refractivity contribution < 1.29 is 40.6 Å². The molecule has 10 nitrogen and oxygen atoms in total. The number of aryl methyl sites for hydroxylation is 2. The summed E-state index contributed by atoms with van der Waals surface area (Å²) in [7, 11) is -2.51. The second-order valence-electron chi connectivity index (χ2n) is 11.5. The number of hydrogen-bond acceptors (Lipinski definition) is 8. The summed E-state index contributed by atoms with van der Waals surface area (Å²) < 4.78 is 89.1. The number of aromatic amines is 1. The molecule has 0 fully saturated rings. The van der Waals surface area contributed by atoms with E-state index in [1.165, 1.54) is 29.1 Å². The van der Waals surface area contributed by atoms with Crippen LogP contribution in [0.2, 0.25) is 0 Å². The Morgan fingerprint density at radius 2 is 1.94 bits per heavy atom. The monoisotopic (exact) mass is 668 g/mol. The predicted octanol–water partition coefficient (Wildman–Crippen LogP) is 6.16. The fraction of sp³-hybridized carbons (Fsp3) is 0.303. The molecule has 47 heavy (non-hydrogen) atoms. The molecule has 6 rings (SSSR count). The summed E-state index contributed by atoms with van der Waals surface area (Å²) in [5, 5.41) is 4.55. The van der Waals surface area contributed by atoms with Gasteiger partial charge in [0.2, 0.25) is 5.82 Å². The first kappa shape index (κ1) is 32.1. The Morgan fingerprint density at radius 3 is 2.68 bits per heavy atom. The molecule has 3 aromatic carbocycles. The summed E-state index contributed by atoms with van der Waals surface area (Å²) in [6, 6.07) is 10.4. The number of rotatable bonds is 9. The Balaban J connectivity index is 1.38. The Labute approximate surface area is 268 Å². The van der Waals surface area contributed by atoms with Gasteiger partial charge in [-0.2, -0.15) is 9.49 Å². The maximum atomic E-state index is 15.4. The molecule has 1 aliphatic rings. The number of nitrogens with zero attached hydrogens (tertiary/aromatic N) is 3. The fourth-order valence-electron chi connectivity index (χ4n) is 5.92. The van der Waals surface area contributed by atoms with Crippen LogP contribution in [0.4, 0.5) is 13.2 Å². The van der Waals surface area contributed by atoms with Gasteiger partial charge in [0.05, 0.1) is 29.7 Å². The lowest BCUT2D eigenvalue weighted by Gasteiger charge is -2.34. The molecule has 1 N–H and O–H groups in total. The van der Waals surface area contributed by atoms with E-state index in [0.717, 1.165) is 23.4 Å². The summed E-state index contributed by atoms with van der Waals surface area (Å²) in [4.78, 5) is 18.7. The minimum absolute atomic E-state index is 0.0627. The van der Waals surface area contributed by atoms with Gasteiger partial charge in [0.1, 0.15) is 22.2 Å². The third-order valence-corrected chi connectivity index (χ3v) is 9.43. The number of aromatic nitrogens is 4. The van der Waals surface area contributed by atoms with Gasteiger partial charge in [-0.25, -0.2) is 26.9 Å². The highest BCUT2D eigenvalue weighted by Crippen LogP contribution is 2.45. The van der Waals surface area contributed by atoms with Gasteiger partial charge in [-0.1, -0.05) is 18.2 Å². The van der Waals surface area contributed by atoms with Crippen LogP contribution in [-0.2, 0) is 38.3 Å². The first-order valence-corrected chi connectivity index (χ1v) is 16.7. The zero-order valence-electron chi connectivity index (χ0n) is 26.0. The largest absolute Gasteiger partial charge is 0.493 e. The molecule has 0 amide bonds. The highest BCUT2D eigenvalue weighted by Gasteiger charge is 2.40. The van der Waals surface area contributed by atoms with Gasteiger partial charge in [0.25, 0.3) is 0 Å². The van der Waals surface area contributed by atoms with Crippen molar-refractivity contribution in [1.29, 1.82) is 0 Å². The van der Waals surface area contributed by atoms with E-state index in [1.807, 2.05) is 25.1 Å². The summed E-state index contributed by atoms with van der Waals surface area (Å²) in [5.74, 6) is -3.70. The maximum absolute atomic E-state index is 15.4. The van der Waals surface area contributed by atoms with Crippen LogP contribution >= 0.6 is 0 Å². The predicted molar refractivity (Wildman–Crippen MR) is 166 cm³/mol. The Morgan fingerprint density at radius 1 is 1.15 bits per heavy atom. The van der Waals surface area contributed by atoms with E-state index in [-0.39, 0.29) is 40.4 Å². The molecule has 1 aliphatic heterocycles. The number of ether oxygens (including phenoxy) is 3. The van der Waals surface area contributed by atoms with Crippen LogP contribution in [0, 0.1) is 17.5 Å². The van der Waals surface area contributed by atoms with Crippen molar-refractivity contribution in [2.24, 2.45) is 7.05 Å². The number of esters is 1. The molecule has 2 aromatic heterocycles. The Hall–Kier alpha value is -4.85. The van der Waals surface area contributed by atoms with Crippen molar-refractivity contribution in [3.63, 3.8) is 0 Å². The smallest absolute Gasteiger partial charge is 0.306 e. The molecule has 246 valence electrons. The first-order valence-electron chi connectivity index (χ1n) is 14.8. The topological polar surface area (TPSA) is 125 Å². The maximum Gasteiger partial charge on any atom is 0.306 e. The minimum atomic E-state index is -4.11. The van der Waals surface area contributed by atoms with E-state index in [9.17, 15) is 17.6 Å². The van der Waals surface area contributed by atoms with Gasteiger partial charge in [-0.05, 0) is 56.5 Å². The van der Waals surface area contributed by atoms with Crippen LogP contribution < -0.4 is 9.47 Å². The number of carbonyl (C=O) groups excluding carboxylic acids is 1. The Bertz CT molecular complexity index is 2150. The van der Waals surface area contributed by atoms with Gasteiger partial charge < -0.3 is 19.2 Å². The molecule has 0 radical (unpaired) electrons. The zero-order valence-corrected chi connectivity index (χ0v) is 26.8. The molecular formula is C33H31F3N4O6S. The van der Waals surface area contributed by atoms with Crippen molar-refractivity contribution in [2.45, 2.75) is 43.4 Å². The third kappa shape index (κ3) is 5.70. The average molecular weight is 669 g/mol. The van der Waals surface area contributed by atoms with Gasteiger partial charge in [-0.3, -0.25) is 4.79 Å². The molecule has 3 heterocycles. The number of sulfone groups is 1. The summed E-state index contributed by atoms with van der Waals surface area (Å²) in [6.07, 6.45) is 3.26. The Kier molecular flexibility index (Phi) is 8.24. The van der Waals surface area contributed by atoms with Crippen molar-refractivity contribution in [1.82, 2.24) is 19.7 Å². The number of fused-ring (bicyclic) bond motifs is 2. The fourth-order valence-corrected chi connectivity index (χ4v) is 6.96. The van der Waals surface area contributed by atoms with Crippen LogP contribution in [0.1, 0.15) is 43.6 Å². The van der Waals surface area contributed by atoms with Crippen molar-refractivity contribution in [2.75, 3.05) is 19.5 Å². The van der Waals surface area contributed by atoms with Crippen LogP contribution in [0.5, 0.6) is 17.2 Å². The number of H-pyrrole nitrogens is 1. The quantitative estimate of drug-likeness (QED) is 0.146. The van der Waals surface area contributed by atoms with E-state index in [1.54, 1.807) is 14.0 Å². The molecule has 0 saturated heterocycles. The second kappa shape index (κ2) is 12.1. The summed E-state index contributed by atoms with van der Waals surface area (Å²) in [6.45, 7) is 4.35. The highest BCUT2D eigenvalue weighted by atomic mass is 32.2. The number of benzene rings is 3. The number of nitrogens with one attached hydrogen (secondary N) is 1. The van der Waals surface area contributed by atoms with Crippen LogP contribution in [0.15, 0.2) is 53.6 Å². The molecule has 0 saturated carbocycles. The van der Waals surface area contributed by atoms with Crippen LogP contribution in [-0.4, -0.2) is 53.6 Å². The summed E-state index contributed by atoms with van der Waals surface area (Å²) in [5.41, 5.74) is 0.517. The highest BCUT2D eigenvalue weighted by molar-refractivity contribution is 7.91. The van der Waals surface area contributed by atoms with Crippen molar-refractivity contribution >= 4 is 26.7 Å². The molecule has 0 aliphatic carbocycles. The lowest BCUT2D eigenvalue weighted by molar-refractivity contribution is -0.143. The molecule has 0 spiro atoms. The lowest BCUT2D eigenvalue weighted by atomic mass is 9.76. The molecular weight excluding hydrogens is 637 g/mol. The number of carbonyl (C=O) groups is 1. The van der Waals surface area contributed by atoms with Gasteiger partial charge >= 0.3 is 5.97 Å². The number of hydrogen-bond donors (Lipinski definition) is 1. The van der Waals surface area contributed by atoms with Crippen molar-refractivity contribution in [3.8, 4) is 28.6 Å². The molecule has 5 aromatic rings. The average Bonchev–Trinajstić information content (AvgIpc) is 3.67. The van der Waals surface area contributed by atoms with E-state index < -0.39 is 43.3 Å². The third-order valence-electron chi connectivity index (χ3n) is 8.28. The minimum Gasteiger partial charge on any atom is -0.493 e. The summed E-state index contributed by atoms with van der Waals surface area (Å²) >= 11 is 0. The zero-order chi connectivity index (χ0) is 33.7. The van der Waals surface area contributed by atoms with Gasteiger partial charge in [0, 0.05) is 36.9 Å². The standard InChI is InChI=1S/C33H31F3N4O6S/c1-5-44-24(41)12-9-18-7-6-8-22-28(18)45-16-14-33(22,2)32-38-31(40(3)39-32)21-17-19(10-11-23(21)34)46-29-26(36)25(35)27-20(13-15-37-27)30(29)47(4,42)43/h6-8,10-11,13,15,17,37H,5,9,12,14,16H2,1-4H3. The molecule has 1 unspecified atom stereocenters. The molecule has 0 bridgehead atoms. The number of halogens is 3. The van der Waals surface area contributed by atoms with Crippen LogP contribution in [0.3, 0.4) is 0 Å². The van der Waals surface area contributed by atoms with E-state index >= 15 is 8.78 Å². The normalized spacial score (nSPS) is 16.1. The van der Waals surface area contributed by atoms with Gasteiger partial charge in [-0.15, -0.1) is 0 Å². The van der Waals surface area contributed by atoms with E-state index in [0.29, 0.717) is 37.6 Å². The molecule has 14 heteroatoms. The molecule has 1 atom stereocenters. The van der Waals surface area contributed by atoms with E-state index in [2.05, 4.69) is 10.1 Å². The van der Waals surface area contributed by atoms with Crippen molar-refractivity contribution in [3.05, 3.63) is 83.1 Å². The number of para-hydroxylation sites is 1. The van der Waals surface area contributed by atoms with Crippen LogP contribution in [0.25, 0.3) is 22.3 Å². The van der Waals surface area contributed by atoms with E-state index in [4.69, 9.17) is 19.2 Å². The first-order chi connectivity index (χ1) is 22.3. The van der Waals surface area contributed by atoms with Gasteiger partial charge in [0.15, 0.2) is 33.1 Å². The SMILES string of the molecule is CCOC(=O)CCc1cccc2c1OCCC2(C)c1nc(-c2cc(Oc3c(F)c(F)c4[nH]ccc4c3S(C)(=O)=O)ccc2F)n(C)n1. The second-order valence-corrected chi connectivity index (χ2v) is 13.4. The lowest BCUT2D eigenvalue weighted by Crippen LogP contribution is -2.33.